The minimum atomic E-state index is -0.474. The third-order valence-corrected chi connectivity index (χ3v) is 4.31. The number of ether oxygens (including phenoxy) is 1. The molecule has 0 fully saturated rings. The van der Waals surface area contributed by atoms with Gasteiger partial charge in [0.05, 0.1) is 24.2 Å². The quantitative estimate of drug-likeness (QED) is 0.244. The molecule has 0 spiro atoms. The molecule has 29 heavy (non-hydrogen) atoms. The molecule has 0 bridgehead atoms. The summed E-state index contributed by atoms with van der Waals surface area (Å²) in [6.45, 7) is 2.92. The fraction of sp³-hybridized carbons (Fsp3) is 0.364. The molecule has 0 aliphatic carbocycles. The van der Waals surface area contributed by atoms with E-state index in [-0.39, 0.29) is 18.0 Å². The van der Waals surface area contributed by atoms with E-state index in [4.69, 9.17) is 4.74 Å². The van der Waals surface area contributed by atoms with E-state index in [0.717, 1.165) is 24.3 Å². The van der Waals surface area contributed by atoms with Gasteiger partial charge in [0.2, 0.25) is 5.91 Å². The summed E-state index contributed by atoms with van der Waals surface area (Å²) in [5.74, 6) is 0.526. The smallest absolute Gasteiger partial charge is 0.269 e. The Bertz CT molecular complexity index is 802. The van der Waals surface area contributed by atoms with Crippen LogP contribution in [0.25, 0.3) is 0 Å². The lowest BCUT2D eigenvalue weighted by molar-refractivity contribution is -0.384. The van der Waals surface area contributed by atoms with Crippen molar-refractivity contribution in [2.75, 3.05) is 6.61 Å². The molecule has 2 rings (SSSR count). The number of unbranched alkanes of at least 4 members (excludes halogenated alkanes) is 4. The van der Waals surface area contributed by atoms with Crippen LogP contribution in [0.1, 0.15) is 50.2 Å². The zero-order valence-corrected chi connectivity index (χ0v) is 16.7. The van der Waals surface area contributed by atoms with Gasteiger partial charge in [0.25, 0.3) is 5.69 Å². The van der Waals surface area contributed by atoms with Gasteiger partial charge in [0.1, 0.15) is 5.75 Å². The third kappa shape index (κ3) is 8.55. The summed E-state index contributed by atoms with van der Waals surface area (Å²) in [6.07, 6.45) is 7.68. The highest BCUT2D eigenvalue weighted by Gasteiger charge is 2.06. The maximum Gasteiger partial charge on any atom is 0.269 e. The molecule has 1 amide bonds. The Balaban J connectivity index is 1.71. The van der Waals surface area contributed by atoms with Crippen LogP contribution in [0.2, 0.25) is 0 Å². The number of hydrogen-bond donors (Lipinski definition) is 1. The lowest BCUT2D eigenvalue weighted by Crippen LogP contribution is -2.19. The topological polar surface area (TPSA) is 93.8 Å². The molecular formula is C22H27N3O4. The third-order valence-electron chi connectivity index (χ3n) is 4.31. The van der Waals surface area contributed by atoms with E-state index in [1.54, 1.807) is 18.3 Å². The average molecular weight is 397 g/mol. The lowest BCUT2D eigenvalue weighted by atomic mass is 10.1. The number of hydrazone groups is 1. The van der Waals surface area contributed by atoms with E-state index in [0.29, 0.717) is 5.56 Å². The number of nitrogens with one attached hydrogen (secondary N) is 1. The summed E-state index contributed by atoms with van der Waals surface area (Å²) in [5, 5.41) is 14.6. The van der Waals surface area contributed by atoms with Crippen molar-refractivity contribution in [3.8, 4) is 5.75 Å². The summed E-state index contributed by atoms with van der Waals surface area (Å²) in [4.78, 5) is 22.1. The Labute approximate surface area is 170 Å². The monoisotopic (exact) mass is 397 g/mol. The Morgan fingerprint density at radius 3 is 2.41 bits per heavy atom. The summed E-state index contributed by atoms with van der Waals surface area (Å²) < 4.78 is 5.72. The van der Waals surface area contributed by atoms with Crippen LogP contribution < -0.4 is 10.2 Å². The van der Waals surface area contributed by atoms with E-state index >= 15 is 0 Å². The predicted octanol–water partition coefficient (Wildman–Crippen LogP) is 4.64. The summed E-state index contributed by atoms with van der Waals surface area (Å²) >= 11 is 0. The Morgan fingerprint density at radius 1 is 1.07 bits per heavy atom. The summed E-state index contributed by atoms with van der Waals surface area (Å²) in [6, 6.07) is 13.4. The van der Waals surface area contributed by atoms with Crippen molar-refractivity contribution >= 4 is 17.8 Å². The van der Waals surface area contributed by atoms with E-state index < -0.39 is 4.92 Å². The summed E-state index contributed by atoms with van der Waals surface area (Å²) in [5.41, 5.74) is 3.98. The van der Waals surface area contributed by atoms with E-state index in [2.05, 4.69) is 17.5 Å². The predicted molar refractivity (Wildman–Crippen MR) is 113 cm³/mol. The van der Waals surface area contributed by atoms with Crippen LogP contribution >= 0.6 is 0 Å². The fourth-order valence-corrected chi connectivity index (χ4v) is 2.68. The number of hydrogen-bond acceptors (Lipinski definition) is 5. The van der Waals surface area contributed by atoms with Gasteiger partial charge in [-0.2, -0.15) is 5.10 Å². The molecule has 1 N–H and O–H groups in total. The molecular weight excluding hydrogens is 370 g/mol. The van der Waals surface area contributed by atoms with Crippen molar-refractivity contribution in [1.29, 1.82) is 0 Å². The van der Waals surface area contributed by atoms with E-state index in [9.17, 15) is 14.9 Å². The number of nitrogens with zero attached hydrogens (tertiary/aromatic N) is 2. The van der Waals surface area contributed by atoms with Gasteiger partial charge in [-0.25, -0.2) is 5.43 Å². The van der Waals surface area contributed by atoms with Gasteiger partial charge in [0.15, 0.2) is 0 Å². The second kappa shape index (κ2) is 12.3. The standard InChI is InChI=1S/C22H27N3O4/c1-2-3-4-5-6-15-29-21-13-9-19(10-14-21)17-23-24-22(26)16-18-7-11-20(12-8-18)25(27)28/h7-14,17H,2-6,15-16H2,1H3,(H,24,26)/b23-17-. The Morgan fingerprint density at radius 2 is 1.76 bits per heavy atom. The van der Waals surface area contributed by atoms with Gasteiger partial charge in [-0.3, -0.25) is 14.9 Å². The highest BCUT2D eigenvalue weighted by Crippen LogP contribution is 2.13. The zero-order valence-electron chi connectivity index (χ0n) is 16.7. The first-order valence-corrected chi connectivity index (χ1v) is 9.86. The molecule has 2 aromatic rings. The molecule has 2 aromatic carbocycles. The number of nitro groups is 1. The van der Waals surface area contributed by atoms with E-state index in [1.807, 2.05) is 24.3 Å². The van der Waals surface area contributed by atoms with Gasteiger partial charge in [-0.15, -0.1) is 0 Å². The highest BCUT2D eigenvalue weighted by molar-refractivity contribution is 5.83. The minimum Gasteiger partial charge on any atom is -0.494 e. The highest BCUT2D eigenvalue weighted by atomic mass is 16.6. The van der Waals surface area contributed by atoms with E-state index in [1.165, 1.54) is 37.8 Å². The van der Waals surface area contributed by atoms with Gasteiger partial charge >= 0.3 is 0 Å². The van der Waals surface area contributed by atoms with Crippen LogP contribution in [0.15, 0.2) is 53.6 Å². The molecule has 0 aliphatic heterocycles. The maximum absolute atomic E-state index is 11.9. The summed E-state index contributed by atoms with van der Waals surface area (Å²) in [7, 11) is 0. The molecule has 0 saturated carbocycles. The van der Waals surface area contributed by atoms with Crippen molar-refractivity contribution in [2.45, 2.75) is 45.4 Å². The second-order valence-electron chi connectivity index (χ2n) is 6.73. The van der Waals surface area contributed by atoms with Gasteiger partial charge in [-0.1, -0.05) is 44.7 Å². The Hall–Kier alpha value is -3.22. The molecule has 0 aromatic heterocycles. The first-order chi connectivity index (χ1) is 14.1. The zero-order chi connectivity index (χ0) is 20.9. The molecule has 154 valence electrons. The van der Waals surface area contributed by atoms with Crippen molar-refractivity contribution in [3.05, 3.63) is 69.8 Å². The van der Waals surface area contributed by atoms with Crippen molar-refractivity contribution in [2.24, 2.45) is 5.10 Å². The minimum absolute atomic E-state index is 0.00361. The first-order valence-electron chi connectivity index (χ1n) is 9.86. The van der Waals surface area contributed by atoms with Crippen LogP contribution in [0.4, 0.5) is 5.69 Å². The van der Waals surface area contributed by atoms with Crippen molar-refractivity contribution < 1.29 is 14.5 Å². The number of rotatable bonds is 12. The van der Waals surface area contributed by atoms with Gasteiger partial charge in [0, 0.05) is 12.1 Å². The van der Waals surface area contributed by atoms with Crippen LogP contribution in [0.3, 0.4) is 0 Å². The van der Waals surface area contributed by atoms with Crippen LogP contribution in [-0.4, -0.2) is 23.7 Å². The number of amides is 1. The average Bonchev–Trinajstić information content (AvgIpc) is 2.72. The number of carbonyl (C=O) groups is 1. The van der Waals surface area contributed by atoms with Crippen molar-refractivity contribution in [1.82, 2.24) is 5.43 Å². The molecule has 0 radical (unpaired) electrons. The second-order valence-corrected chi connectivity index (χ2v) is 6.73. The molecule has 7 nitrogen and oxygen atoms in total. The largest absolute Gasteiger partial charge is 0.494 e. The molecule has 0 aliphatic rings. The number of benzene rings is 2. The Kier molecular flexibility index (Phi) is 9.35. The van der Waals surface area contributed by atoms with Crippen molar-refractivity contribution in [3.63, 3.8) is 0 Å². The van der Waals surface area contributed by atoms with Gasteiger partial charge < -0.3 is 4.74 Å². The first kappa shape index (κ1) is 22.1. The fourth-order valence-electron chi connectivity index (χ4n) is 2.68. The molecule has 0 saturated heterocycles. The maximum atomic E-state index is 11.9. The normalized spacial score (nSPS) is 10.8. The lowest BCUT2D eigenvalue weighted by Gasteiger charge is -2.06. The SMILES string of the molecule is CCCCCCCOc1ccc(/C=N\NC(=O)Cc2ccc([N+](=O)[O-])cc2)cc1. The van der Waals surface area contributed by atoms with Crippen LogP contribution in [0.5, 0.6) is 5.75 Å². The van der Waals surface area contributed by atoms with Crippen LogP contribution in [-0.2, 0) is 11.2 Å². The van der Waals surface area contributed by atoms with Crippen LogP contribution in [0, 0.1) is 10.1 Å². The molecule has 0 heterocycles. The van der Waals surface area contributed by atoms with Gasteiger partial charge in [-0.05, 0) is 41.8 Å². The molecule has 0 unspecified atom stereocenters. The molecule has 0 atom stereocenters. The number of carbonyl (C=O) groups excluding carboxylic acids is 1. The number of nitro benzene ring substituents is 1. The number of non-ortho nitro benzene ring substituents is 1. The molecule has 7 heteroatoms.